The standard InChI is InChI=1S/C23H25Cl2N3O2/c1-30-18-10-7-15(8-11-18)22-14-20(23(29)26-17-5-3-2-4-6-17)27-28(22)21-12-9-16(24)13-19(21)25/h7-13,17,22H,2-6,14H2,1H3,(H,26,29). The highest BCUT2D eigenvalue weighted by Gasteiger charge is 2.34. The van der Waals surface area contributed by atoms with Gasteiger partial charge in [0, 0.05) is 17.5 Å². The van der Waals surface area contributed by atoms with Gasteiger partial charge < -0.3 is 10.1 Å². The number of hydrogen-bond acceptors (Lipinski definition) is 4. The fourth-order valence-electron chi connectivity index (χ4n) is 4.14. The highest BCUT2D eigenvalue weighted by atomic mass is 35.5. The van der Waals surface area contributed by atoms with Crippen LogP contribution >= 0.6 is 23.2 Å². The number of halogens is 2. The van der Waals surface area contributed by atoms with Crippen molar-refractivity contribution >= 4 is 40.5 Å². The Balaban J connectivity index is 1.62. The van der Waals surface area contributed by atoms with Crippen LogP contribution in [0.5, 0.6) is 5.75 Å². The zero-order valence-corrected chi connectivity index (χ0v) is 18.4. The molecule has 30 heavy (non-hydrogen) atoms. The quantitative estimate of drug-likeness (QED) is 0.636. The summed E-state index contributed by atoms with van der Waals surface area (Å²) in [5.74, 6) is 0.692. The number of hydrazone groups is 1. The monoisotopic (exact) mass is 445 g/mol. The van der Waals surface area contributed by atoms with Crippen molar-refractivity contribution < 1.29 is 9.53 Å². The Hall–Kier alpha value is -2.24. The molecule has 7 heteroatoms. The summed E-state index contributed by atoms with van der Waals surface area (Å²) in [6, 6.07) is 13.2. The van der Waals surface area contributed by atoms with E-state index in [0.717, 1.165) is 29.8 Å². The summed E-state index contributed by atoms with van der Waals surface area (Å²) in [6.45, 7) is 0. The molecule has 1 atom stereocenters. The summed E-state index contributed by atoms with van der Waals surface area (Å²) >= 11 is 12.6. The first kappa shape index (κ1) is 21.0. The van der Waals surface area contributed by atoms with Crippen molar-refractivity contribution in [3.05, 3.63) is 58.1 Å². The van der Waals surface area contributed by atoms with Crippen LogP contribution in [-0.4, -0.2) is 24.8 Å². The number of hydrogen-bond donors (Lipinski definition) is 1. The second-order valence-electron chi connectivity index (χ2n) is 7.79. The highest BCUT2D eigenvalue weighted by molar-refractivity contribution is 6.40. The predicted molar refractivity (Wildman–Crippen MR) is 122 cm³/mol. The second-order valence-corrected chi connectivity index (χ2v) is 8.63. The SMILES string of the molecule is COc1ccc(C2CC(C(=O)NC3CCCCC3)=NN2c2ccc(Cl)cc2Cl)cc1. The topological polar surface area (TPSA) is 53.9 Å². The summed E-state index contributed by atoms with van der Waals surface area (Å²) in [5.41, 5.74) is 2.28. The molecular weight excluding hydrogens is 421 g/mol. The van der Waals surface area contributed by atoms with E-state index in [0.29, 0.717) is 22.2 Å². The third-order valence-corrected chi connectivity index (χ3v) is 6.31. The fourth-order valence-corrected chi connectivity index (χ4v) is 4.63. The highest BCUT2D eigenvalue weighted by Crippen LogP contribution is 2.40. The molecule has 0 bridgehead atoms. The van der Waals surface area contributed by atoms with Crippen LogP contribution in [-0.2, 0) is 4.79 Å². The van der Waals surface area contributed by atoms with Crippen LogP contribution in [0.15, 0.2) is 47.6 Å². The molecule has 2 aromatic carbocycles. The smallest absolute Gasteiger partial charge is 0.267 e. The van der Waals surface area contributed by atoms with Crippen LogP contribution in [0.1, 0.15) is 50.1 Å². The lowest BCUT2D eigenvalue weighted by Crippen LogP contribution is -2.39. The molecule has 1 saturated carbocycles. The molecule has 1 fully saturated rings. The van der Waals surface area contributed by atoms with Gasteiger partial charge in [-0.3, -0.25) is 9.80 Å². The number of methoxy groups -OCH3 is 1. The van der Waals surface area contributed by atoms with Gasteiger partial charge in [-0.2, -0.15) is 5.10 Å². The van der Waals surface area contributed by atoms with E-state index in [1.807, 2.05) is 35.3 Å². The molecule has 0 saturated heterocycles. The first-order valence-electron chi connectivity index (χ1n) is 10.3. The van der Waals surface area contributed by atoms with Crippen LogP contribution in [0.3, 0.4) is 0 Å². The Labute approximate surface area is 187 Å². The van der Waals surface area contributed by atoms with Crippen molar-refractivity contribution in [3.63, 3.8) is 0 Å². The van der Waals surface area contributed by atoms with Gasteiger partial charge in [0.2, 0.25) is 0 Å². The molecule has 1 amide bonds. The maximum Gasteiger partial charge on any atom is 0.267 e. The van der Waals surface area contributed by atoms with Crippen molar-refractivity contribution in [3.8, 4) is 5.75 Å². The third kappa shape index (κ3) is 4.57. The third-order valence-electron chi connectivity index (χ3n) is 5.77. The van der Waals surface area contributed by atoms with Crippen molar-refractivity contribution in [2.75, 3.05) is 12.1 Å². The summed E-state index contributed by atoms with van der Waals surface area (Å²) in [7, 11) is 1.64. The lowest BCUT2D eigenvalue weighted by atomic mass is 9.95. The van der Waals surface area contributed by atoms with Gasteiger partial charge in [-0.1, -0.05) is 54.6 Å². The minimum absolute atomic E-state index is 0.0898. The van der Waals surface area contributed by atoms with E-state index >= 15 is 0 Å². The summed E-state index contributed by atoms with van der Waals surface area (Å²) in [4.78, 5) is 13.0. The lowest BCUT2D eigenvalue weighted by Gasteiger charge is -2.25. The van der Waals surface area contributed by atoms with E-state index in [4.69, 9.17) is 33.0 Å². The molecule has 0 radical (unpaired) electrons. The number of nitrogens with zero attached hydrogens (tertiary/aromatic N) is 2. The first-order chi connectivity index (χ1) is 14.5. The fraction of sp³-hybridized carbons (Fsp3) is 0.391. The first-order valence-corrected chi connectivity index (χ1v) is 11.1. The van der Waals surface area contributed by atoms with E-state index < -0.39 is 0 Å². The summed E-state index contributed by atoms with van der Waals surface area (Å²) < 4.78 is 5.28. The number of carbonyl (C=O) groups excluding carboxylic acids is 1. The molecule has 158 valence electrons. The number of nitrogens with one attached hydrogen (secondary N) is 1. The Morgan fingerprint density at radius 3 is 2.50 bits per heavy atom. The largest absolute Gasteiger partial charge is 0.497 e. The van der Waals surface area contributed by atoms with Crippen molar-refractivity contribution in [2.45, 2.75) is 50.6 Å². The van der Waals surface area contributed by atoms with Gasteiger partial charge >= 0.3 is 0 Å². The van der Waals surface area contributed by atoms with Gasteiger partial charge in [0.05, 0.1) is 23.9 Å². The number of anilines is 1. The molecule has 1 aliphatic heterocycles. The van der Waals surface area contributed by atoms with Gasteiger partial charge in [-0.05, 0) is 48.7 Å². The molecule has 0 aromatic heterocycles. The molecule has 1 aliphatic carbocycles. The molecule has 4 rings (SSSR count). The minimum Gasteiger partial charge on any atom is -0.497 e. The van der Waals surface area contributed by atoms with Crippen molar-refractivity contribution in [1.82, 2.24) is 5.32 Å². The number of benzene rings is 2. The van der Waals surface area contributed by atoms with E-state index in [1.54, 1.807) is 19.2 Å². The van der Waals surface area contributed by atoms with Crippen LogP contribution in [0.4, 0.5) is 5.69 Å². The van der Waals surface area contributed by atoms with Crippen LogP contribution in [0.2, 0.25) is 10.0 Å². The Bertz CT molecular complexity index is 940. The van der Waals surface area contributed by atoms with Crippen molar-refractivity contribution in [2.24, 2.45) is 5.10 Å². The van der Waals surface area contributed by atoms with Crippen LogP contribution < -0.4 is 15.1 Å². The summed E-state index contributed by atoms with van der Waals surface area (Å²) in [6.07, 6.45) is 6.15. The Morgan fingerprint density at radius 2 is 1.83 bits per heavy atom. The van der Waals surface area contributed by atoms with Gasteiger partial charge in [0.15, 0.2) is 0 Å². The van der Waals surface area contributed by atoms with E-state index in [2.05, 4.69) is 5.32 Å². The van der Waals surface area contributed by atoms with Gasteiger partial charge in [0.25, 0.3) is 5.91 Å². The molecule has 1 N–H and O–H groups in total. The molecule has 1 heterocycles. The Kier molecular flexibility index (Phi) is 6.49. The normalized spacial score (nSPS) is 19.5. The zero-order chi connectivity index (χ0) is 21.1. The van der Waals surface area contributed by atoms with Crippen molar-refractivity contribution in [1.29, 1.82) is 0 Å². The van der Waals surface area contributed by atoms with Gasteiger partial charge in [-0.25, -0.2) is 0 Å². The van der Waals surface area contributed by atoms with Gasteiger partial charge in [-0.15, -0.1) is 0 Å². The Morgan fingerprint density at radius 1 is 1.10 bits per heavy atom. The molecule has 2 aliphatic rings. The van der Waals surface area contributed by atoms with Gasteiger partial charge in [0.1, 0.15) is 11.5 Å². The van der Waals surface area contributed by atoms with Crippen LogP contribution in [0.25, 0.3) is 0 Å². The molecular formula is C23H25Cl2N3O2. The van der Waals surface area contributed by atoms with E-state index in [-0.39, 0.29) is 18.0 Å². The number of carbonyl (C=O) groups is 1. The maximum absolute atomic E-state index is 13.0. The molecule has 1 unspecified atom stereocenters. The van der Waals surface area contributed by atoms with Crippen LogP contribution in [0, 0.1) is 0 Å². The van der Waals surface area contributed by atoms with E-state index in [9.17, 15) is 4.79 Å². The molecule has 5 nitrogen and oxygen atoms in total. The average Bonchev–Trinajstić information content (AvgIpc) is 3.20. The second kappa shape index (κ2) is 9.27. The number of amides is 1. The van der Waals surface area contributed by atoms with E-state index in [1.165, 1.54) is 19.3 Å². The zero-order valence-electron chi connectivity index (χ0n) is 16.9. The summed E-state index contributed by atoms with van der Waals surface area (Å²) in [5, 5.41) is 10.8. The molecule has 0 spiro atoms. The number of rotatable bonds is 5. The molecule has 2 aromatic rings. The predicted octanol–water partition coefficient (Wildman–Crippen LogP) is 5.76. The average molecular weight is 446 g/mol. The number of ether oxygens (including phenoxy) is 1. The maximum atomic E-state index is 13.0. The minimum atomic E-state index is -0.137. The lowest BCUT2D eigenvalue weighted by molar-refractivity contribution is -0.115.